The Morgan fingerprint density at radius 1 is 1.20 bits per heavy atom. The predicted molar refractivity (Wildman–Crippen MR) is 144 cm³/mol. The molecule has 216 valence electrons. The van der Waals surface area contributed by atoms with Crippen LogP contribution in [-0.2, 0) is 30.0 Å². The number of esters is 1. The fourth-order valence-corrected chi connectivity index (χ4v) is 5.48. The monoisotopic (exact) mass is 585 g/mol. The number of carbonyl (C=O) groups is 1. The lowest BCUT2D eigenvalue weighted by atomic mass is 9.95. The smallest absolute Gasteiger partial charge is 0.459 e. The second-order valence-corrected chi connectivity index (χ2v) is 10.8. The molecule has 14 heteroatoms. The van der Waals surface area contributed by atoms with Crippen molar-refractivity contribution in [3.8, 4) is 18.1 Å². The van der Waals surface area contributed by atoms with Crippen LogP contribution in [0.15, 0.2) is 82.5 Å². The summed E-state index contributed by atoms with van der Waals surface area (Å²) in [5, 5.41) is 24.3. The van der Waals surface area contributed by atoms with Gasteiger partial charge in [-0.1, -0.05) is 54.5 Å². The molecule has 1 aliphatic heterocycles. The third-order valence-electron chi connectivity index (χ3n) is 6.13. The predicted octanol–water partition coefficient (Wildman–Crippen LogP) is 1.08. The van der Waals surface area contributed by atoms with Crippen LogP contribution in [0.25, 0.3) is 0 Å². The zero-order valence-corrected chi connectivity index (χ0v) is 22.7. The number of nitrogens with zero attached hydrogens (tertiary/aromatic N) is 1. The Hall–Kier alpha value is -4.02. The molecule has 3 aromatic rings. The van der Waals surface area contributed by atoms with Crippen molar-refractivity contribution >= 4 is 13.7 Å². The maximum absolute atomic E-state index is 13.8. The molecule has 4 N–H and O–H groups in total. The van der Waals surface area contributed by atoms with Crippen LogP contribution in [-0.4, -0.2) is 56.2 Å². The molecule has 1 saturated heterocycles. The number of hydrogen-bond donors (Lipinski definition) is 4. The van der Waals surface area contributed by atoms with Gasteiger partial charge in [0, 0.05) is 12.3 Å². The molecule has 41 heavy (non-hydrogen) atoms. The molecule has 13 nitrogen and oxygen atoms in total. The molecule has 2 aromatic carbocycles. The van der Waals surface area contributed by atoms with Gasteiger partial charge in [-0.3, -0.25) is 23.7 Å². The van der Waals surface area contributed by atoms with E-state index in [4.69, 9.17) is 24.9 Å². The number of aliphatic hydroxyl groups excluding tert-OH is 1. The highest BCUT2D eigenvalue weighted by Gasteiger charge is 2.56. The van der Waals surface area contributed by atoms with Gasteiger partial charge in [0.1, 0.15) is 30.6 Å². The van der Waals surface area contributed by atoms with Gasteiger partial charge in [-0.25, -0.2) is 9.36 Å². The fourth-order valence-electron chi connectivity index (χ4n) is 3.98. The van der Waals surface area contributed by atoms with Gasteiger partial charge in [-0.2, -0.15) is 5.09 Å². The average Bonchev–Trinajstić information content (AvgIpc) is 3.21. The van der Waals surface area contributed by atoms with Crippen molar-refractivity contribution in [2.24, 2.45) is 0 Å². The lowest BCUT2D eigenvalue weighted by molar-refractivity contribution is -0.146. The number of benzene rings is 2. The molecule has 0 spiro atoms. The van der Waals surface area contributed by atoms with E-state index in [1.54, 1.807) is 42.5 Å². The molecule has 2 heterocycles. The van der Waals surface area contributed by atoms with Gasteiger partial charge < -0.3 is 24.2 Å². The SMILES string of the molecule is C#C[C@@]1(O)[C@H](O)[C@@H](COP(=O)(N[C@@H](C)C(=O)OCc2ccccc2)Oc2ccccc2)O[C@H]1n1ccc(=O)[nH]c1=O. The van der Waals surface area contributed by atoms with Crippen molar-refractivity contribution in [2.45, 2.75) is 43.6 Å². The Kier molecular flexibility index (Phi) is 9.25. The highest BCUT2D eigenvalue weighted by Crippen LogP contribution is 2.46. The summed E-state index contributed by atoms with van der Waals surface area (Å²) in [5.41, 5.74) is -3.33. The van der Waals surface area contributed by atoms with E-state index < -0.39 is 61.7 Å². The molecule has 0 bridgehead atoms. The number of nitrogens with one attached hydrogen (secondary N) is 2. The lowest BCUT2D eigenvalue weighted by Gasteiger charge is -2.26. The molecule has 6 atom stereocenters. The van der Waals surface area contributed by atoms with Crippen molar-refractivity contribution in [1.29, 1.82) is 0 Å². The molecule has 0 amide bonds. The summed E-state index contributed by atoms with van der Waals surface area (Å²) in [5.74, 6) is 1.41. The van der Waals surface area contributed by atoms with E-state index in [2.05, 4.69) is 5.09 Å². The van der Waals surface area contributed by atoms with Crippen LogP contribution in [0.2, 0.25) is 0 Å². The molecule has 1 fully saturated rings. The number of ether oxygens (including phenoxy) is 2. The molecular weight excluding hydrogens is 557 g/mol. The first kappa shape index (κ1) is 30.0. The largest absolute Gasteiger partial charge is 0.460 e. The normalized spacial score (nSPS) is 24.1. The average molecular weight is 586 g/mol. The third-order valence-corrected chi connectivity index (χ3v) is 7.77. The molecule has 0 saturated carbocycles. The molecule has 1 aliphatic rings. The van der Waals surface area contributed by atoms with E-state index in [1.807, 2.05) is 17.0 Å². The van der Waals surface area contributed by atoms with Gasteiger partial charge in [0.15, 0.2) is 11.8 Å². The number of carbonyl (C=O) groups excluding carboxylic acids is 1. The number of hydrogen-bond acceptors (Lipinski definition) is 10. The van der Waals surface area contributed by atoms with Crippen LogP contribution in [0.4, 0.5) is 0 Å². The summed E-state index contributed by atoms with van der Waals surface area (Å²) in [6.45, 7) is 0.714. The fraction of sp³-hybridized carbons (Fsp3) is 0.296. The second kappa shape index (κ2) is 12.7. The zero-order valence-electron chi connectivity index (χ0n) is 21.8. The Balaban J connectivity index is 1.50. The van der Waals surface area contributed by atoms with Gasteiger partial charge in [0.05, 0.1) is 6.61 Å². The first-order chi connectivity index (χ1) is 19.5. The first-order valence-electron chi connectivity index (χ1n) is 12.4. The number of rotatable bonds is 11. The van der Waals surface area contributed by atoms with Crippen molar-refractivity contribution in [3.63, 3.8) is 0 Å². The topological polar surface area (TPSA) is 178 Å². The minimum atomic E-state index is -4.38. The van der Waals surface area contributed by atoms with E-state index in [1.165, 1.54) is 19.1 Å². The van der Waals surface area contributed by atoms with Crippen LogP contribution >= 0.6 is 7.75 Å². The Bertz CT molecular complexity index is 1560. The molecule has 4 rings (SSSR count). The van der Waals surface area contributed by atoms with Crippen LogP contribution in [0.3, 0.4) is 0 Å². The Morgan fingerprint density at radius 3 is 2.49 bits per heavy atom. The number of terminal acetylenes is 1. The maximum atomic E-state index is 13.8. The second-order valence-electron chi connectivity index (χ2n) is 9.10. The third kappa shape index (κ3) is 7.01. The van der Waals surface area contributed by atoms with Crippen LogP contribution in [0.1, 0.15) is 18.7 Å². The number of aromatic nitrogens is 2. The highest BCUT2D eigenvalue weighted by molar-refractivity contribution is 7.52. The van der Waals surface area contributed by atoms with Crippen molar-refractivity contribution in [1.82, 2.24) is 14.6 Å². The van der Waals surface area contributed by atoms with E-state index in [9.17, 15) is 29.2 Å². The van der Waals surface area contributed by atoms with Gasteiger partial charge in [-0.15, -0.1) is 6.42 Å². The van der Waals surface area contributed by atoms with Gasteiger partial charge in [0.2, 0.25) is 0 Å². The molecule has 1 unspecified atom stereocenters. The summed E-state index contributed by atoms with van der Waals surface area (Å²) >= 11 is 0. The summed E-state index contributed by atoms with van der Waals surface area (Å²) in [7, 11) is -4.38. The van der Waals surface area contributed by atoms with Crippen LogP contribution in [0.5, 0.6) is 5.75 Å². The maximum Gasteiger partial charge on any atom is 0.459 e. The number of aromatic amines is 1. The standard InChI is InChI=1S/C27H28N3O10P/c1-3-27(35)23(32)21(39-25(27)30-15-14-22(31)28-26(30)34)17-38-41(36,40-20-12-8-5-9-13-20)29-18(2)24(33)37-16-19-10-6-4-7-11-19/h1,4-15,18,21,23,25,32,35H,16-17H2,2H3,(H,29,36)(H,28,31,34)/t18-,21+,23+,25+,27+,41?/m0/s1. The molecule has 0 radical (unpaired) electrons. The van der Waals surface area contributed by atoms with Crippen LogP contribution in [0, 0.1) is 12.3 Å². The van der Waals surface area contributed by atoms with Crippen molar-refractivity contribution < 1.29 is 38.1 Å². The zero-order chi connectivity index (χ0) is 29.6. The van der Waals surface area contributed by atoms with Gasteiger partial charge in [-0.05, 0) is 24.6 Å². The quantitative estimate of drug-likeness (QED) is 0.144. The van der Waals surface area contributed by atoms with E-state index >= 15 is 0 Å². The van der Waals surface area contributed by atoms with E-state index in [-0.39, 0.29) is 12.4 Å². The summed E-state index contributed by atoms with van der Waals surface area (Å²) in [6.07, 6.45) is 1.63. The van der Waals surface area contributed by atoms with Gasteiger partial charge in [0.25, 0.3) is 5.56 Å². The van der Waals surface area contributed by atoms with Crippen LogP contribution < -0.4 is 20.9 Å². The first-order valence-corrected chi connectivity index (χ1v) is 13.9. The highest BCUT2D eigenvalue weighted by atomic mass is 31.2. The van der Waals surface area contributed by atoms with E-state index in [0.29, 0.717) is 0 Å². The number of H-pyrrole nitrogens is 1. The number of aliphatic hydroxyl groups is 2. The number of para-hydroxylation sites is 1. The molecular formula is C27H28N3O10P. The Morgan fingerprint density at radius 2 is 1.85 bits per heavy atom. The molecule has 1 aromatic heterocycles. The molecule has 0 aliphatic carbocycles. The summed E-state index contributed by atoms with van der Waals surface area (Å²) < 4.78 is 36.7. The lowest BCUT2D eigenvalue weighted by Crippen LogP contribution is -2.48. The summed E-state index contributed by atoms with van der Waals surface area (Å²) in [4.78, 5) is 38.4. The van der Waals surface area contributed by atoms with Gasteiger partial charge >= 0.3 is 19.4 Å². The Labute approximate surface area is 234 Å². The minimum Gasteiger partial charge on any atom is -0.460 e. The minimum absolute atomic E-state index is 0.0192. The summed E-state index contributed by atoms with van der Waals surface area (Å²) in [6, 6.07) is 16.8. The van der Waals surface area contributed by atoms with Crippen molar-refractivity contribution in [3.05, 3.63) is 99.3 Å². The van der Waals surface area contributed by atoms with E-state index in [0.717, 1.165) is 22.4 Å². The van der Waals surface area contributed by atoms with Crippen molar-refractivity contribution in [2.75, 3.05) is 6.61 Å².